The maximum Gasteiger partial charge on any atom is 0.352 e. The Balaban J connectivity index is 1.31. The zero-order chi connectivity index (χ0) is 23.0. The molecule has 4 rings (SSSR count). The number of rotatable bonds is 8. The lowest BCUT2D eigenvalue weighted by molar-refractivity contribution is -0.141. The Morgan fingerprint density at radius 2 is 1.06 bits per heavy atom. The second-order valence-electron chi connectivity index (χ2n) is 7.29. The first-order chi connectivity index (χ1) is 16.1. The van der Waals surface area contributed by atoms with E-state index in [-0.39, 0.29) is 5.78 Å². The molecule has 5 heteroatoms. The topological polar surface area (TPSA) is 61.8 Å². The molecule has 5 nitrogen and oxygen atoms in total. The summed E-state index contributed by atoms with van der Waals surface area (Å²) in [5.41, 5.74) is 1.12. The second kappa shape index (κ2) is 10.3. The molecule has 0 saturated carbocycles. The molecule has 0 aliphatic carbocycles. The van der Waals surface area contributed by atoms with E-state index in [0.717, 1.165) is 5.75 Å². The van der Waals surface area contributed by atoms with Gasteiger partial charge in [0.15, 0.2) is 11.9 Å². The molecule has 1 atom stereocenters. The largest absolute Gasteiger partial charge is 0.479 e. The Hall–Kier alpha value is -4.38. The number of para-hydroxylation sites is 1. The van der Waals surface area contributed by atoms with E-state index in [0.29, 0.717) is 28.4 Å². The third kappa shape index (κ3) is 5.86. The first-order valence-corrected chi connectivity index (χ1v) is 10.5. The second-order valence-corrected chi connectivity index (χ2v) is 7.29. The van der Waals surface area contributed by atoms with Crippen molar-refractivity contribution in [3.63, 3.8) is 0 Å². The molecular weight excluding hydrogens is 416 g/mol. The molecule has 0 saturated heterocycles. The predicted molar refractivity (Wildman–Crippen MR) is 125 cm³/mol. The molecule has 0 aliphatic heterocycles. The summed E-state index contributed by atoms with van der Waals surface area (Å²) >= 11 is 0. The lowest BCUT2D eigenvalue weighted by atomic mass is 10.0. The van der Waals surface area contributed by atoms with E-state index in [9.17, 15) is 9.59 Å². The number of benzene rings is 4. The molecule has 164 valence electrons. The molecule has 0 aromatic heterocycles. The van der Waals surface area contributed by atoms with Crippen LogP contribution in [0.5, 0.6) is 23.0 Å². The first-order valence-electron chi connectivity index (χ1n) is 10.5. The number of carbonyl (C=O) groups excluding carboxylic acids is 2. The summed E-state index contributed by atoms with van der Waals surface area (Å²) in [4.78, 5) is 24.9. The number of ketones is 1. The molecule has 0 spiro atoms. The van der Waals surface area contributed by atoms with Crippen molar-refractivity contribution in [2.75, 3.05) is 0 Å². The molecule has 33 heavy (non-hydrogen) atoms. The van der Waals surface area contributed by atoms with Crippen molar-refractivity contribution in [2.45, 2.75) is 13.0 Å². The van der Waals surface area contributed by atoms with Gasteiger partial charge in [-0.25, -0.2) is 4.79 Å². The highest BCUT2D eigenvalue weighted by molar-refractivity contribution is 6.09. The SMILES string of the molecule is CC(Oc1ccc(Oc2ccccc2)cc1)C(=O)Oc1ccc(C(=O)c2ccccc2)cc1. The number of carbonyl (C=O) groups is 2. The van der Waals surface area contributed by atoms with Crippen LogP contribution in [0.4, 0.5) is 0 Å². The summed E-state index contributed by atoms with van der Waals surface area (Å²) < 4.78 is 16.8. The summed E-state index contributed by atoms with van der Waals surface area (Å²) in [7, 11) is 0. The van der Waals surface area contributed by atoms with Crippen LogP contribution < -0.4 is 14.2 Å². The molecule has 0 heterocycles. The Labute approximate surface area is 192 Å². The average Bonchev–Trinajstić information content (AvgIpc) is 2.86. The van der Waals surface area contributed by atoms with E-state index in [4.69, 9.17) is 14.2 Å². The monoisotopic (exact) mass is 438 g/mol. The van der Waals surface area contributed by atoms with E-state index in [1.54, 1.807) is 67.6 Å². The van der Waals surface area contributed by atoms with Crippen LogP contribution in [0.2, 0.25) is 0 Å². The fourth-order valence-electron chi connectivity index (χ4n) is 3.09. The molecule has 4 aromatic carbocycles. The molecule has 0 N–H and O–H groups in total. The summed E-state index contributed by atoms with van der Waals surface area (Å²) in [5.74, 6) is 1.62. The highest BCUT2D eigenvalue weighted by Crippen LogP contribution is 2.24. The van der Waals surface area contributed by atoms with Gasteiger partial charge in [-0.15, -0.1) is 0 Å². The van der Waals surface area contributed by atoms with Crippen LogP contribution in [0.3, 0.4) is 0 Å². The van der Waals surface area contributed by atoms with Crippen LogP contribution in [0.1, 0.15) is 22.8 Å². The van der Waals surface area contributed by atoms with Gasteiger partial charge in [0.2, 0.25) is 0 Å². The minimum absolute atomic E-state index is 0.0927. The zero-order valence-corrected chi connectivity index (χ0v) is 18.0. The normalized spacial score (nSPS) is 11.3. The zero-order valence-electron chi connectivity index (χ0n) is 18.0. The standard InChI is InChI=1S/C28H22O5/c1-20(31-24-16-18-25(19-17-24)32-23-10-6-3-7-11-23)28(30)33-26-14-12-22(13-15-26)27(29)21-8-4-2-5-9-21/h2-20H,1H3. The predicted octanol–water partition coefficient (Wildman–Crippen LogP) is 6.08. The van der Waals surface area contributed by atoms with Gasteiger partial charge < -0.3 is 14.2 Å². The van der Waals surface area contributed by atoms with E-state index < -0.39 is 12.1 Å². The summed E-state index contributed by atoms with van der Waals surface area (Å²) in [6, 6.07) is 31.9. The quantitative estimate of drug-likeness (QED) is 0.189. The van der Waals surface area contributed by atoms with Crippen molar-refractivity contribution >= 4 is 11.8 Å². The van der Waals surface area contributed by atoms with E-state index in [1.165, 1.54) is 0 Å². The van der Waals surface area contributed by atoms with Gasteiger partial charge in [-0.3, -0.25) is 4.79 Å². The van der Waals surface area contributed by atoms with Crippen LogP contribution in [0.15, 0.2) is 109 Å². The molecular formula is C28H22O5. The number of hydrogen-bond acceptors (Lipinski definition) is 5. The van der Waals surface area contributed by atoms with Gasteiger partial charge in [0.25, 0.3) is 0 Å². The minimum atomic E-state index is -0.823. The molecule has 1 unspecified atom stereocenters. The van der Waals surface area contributed by atoms with Crippen LogP contribution in [-0.4, -0.2) is 17.9 Å². The lowest BCUT2D eigenvalue weighted by Gasteiger charge is -2.14. The fourth-order valence-corrected chi connectivity index (χ4v) is 3.09. The third-order valence-electron chi connectivity index (χ3n) is 4.82. The van der Waals surface area contributed by atoms with Crippen molar-refractivity contribution in [1.82, 2.24) is 0 Å². The van der Waals surface area contributed by atoms with Gasteiger partial charge >= 0.3 is 5.97 Å². The summed E-state index contributed by atoms with van der Waals surface area (Å²) in [6.07, 6.45) is -0.823. The summed E-state index contributed by atoms with van der Waals surface area (Å²) in [6.45, 7) is 1.62. The number of ether oxygens (including phenoxy) is 3. The van der Waals surface area contributed by atoms with Gasteiger partial charge in [0, 0.05) is 11.1 Å². The molecule has 0 fully saturated rings. The van der Waals surface area contributed by atoms with Gasteiger partial charge in [0.1, 0.15) is 23.0 Å². The molecule has 0 aliphatic rings. The molecule has 4 aromatic rings. The van der Waals surface area contributed by atoms with Crippen molar-refractivity contribution in [1.29, 1.82) is 0 Å². The maximum atomic E-state index is 12.5. The van der Waals surface area contributed by atoms with Gasteiger partial charge in [-0.1, -0.05) is 48.5 Å². The maximum absolute atomic E-state index is 12.5. The van der Waals surface area contributed by atoms with Crippen LogP contribution >= 0.6 is 0 Å². The molecule has 0 amide bonds. The highest BCUT2D eigenvalue weighted by Gasteiger charge is 2.18. The highest BCUT2D eigenvalue weighted by atomic mass is 16.6. The van der Waals surface area contributed by atoms with Gasteiger partial charge in [0.05, 0.1) is 0 Å². The minimum Gasteiger partial charge on any atom is -0.479 e. The average molecular weight is 438 g/mol. The van der Waals surface area contributed by atoms with Crippen molar-refractivity contribution in [3.05, 3.63) is 120 Å². The van der Waals surface area contributed by atoms with Crippen LogP contribution in [0, 0.1) is 0 Å². The lowest BCUT2D eigenvalue weighted by Crippen LogP contribution is -2.28. The Bertz CT molecular complexity index is 1200. The smallest absolute Gasteiger partial charge is 0.352 e. The van der Waals surface area contributed by atoms with E-state index >= 15 is 0 Å². The number of hydrogen-bond donors (Lipinski definition) is 0. The first kappa shape index (κ1) is 21.8. The third-order valence-corrected chi connectivity index (χ3v) is 4.82. The Morgan fingerprint density at radius 3 is 1.70 bits per heavy atom. The van der Waals surface area contributed by atoms with Gasteiger partial charge in [-0.05, 0) is 67.6 Å². The van der Waals surface area contributed by atoms with E-state index in [1.807, 2.05) is 48.5 Å². The Morgan fingerprint density at radius 1 is 0.576 bits per heavy atom. The van der Waals surface area contributed by atoms with E-state index in [2.05, 4.69) is 0 Å². The van der Waals surface area contributed by atoms with Crippen molar-refractivity contribution in [3.8, 4) is 23.0 Å². The molecule has 0 radical (unpaired) electrons. The van der Waals surface area contributed by atoms with Crippen molar-refractivity contribution in [2.24, 2.45) is 0 Å². The van der Waals surface area contributed by atoms with Crippen LogP contribution in [-0.2, 0) is 4.79 Å². The molecule has 0 bridgehead atoms. The fraction of sp³-hybridized carbons (Fsp3) is 0.0714. The number of esters is 1. The van der Waals surface area contributed by atoms with Gasteiger partial charge in [-0.2, -0.15) is 0 Å². The van der Waals surface area contributed by atoms with Crippen LogP contribution in [0.25, 0.3) is 0 Å². The summed E-state index contributed by atoms with van der Waals surface area (Å²) in [5, 5.41) is 0. The Kier molecular flexibility index (Phi) is 6.81. The van der Waals surface area contributed by atoms with Crippen molar-refractivity contribution < 1.29 is 23.8 Å².